The van der Waals surface area contributed by atoms with Crippen molar-refractivity contribution in [2.24, 2.45) is 5.73 Å². The summed E-state index contributed by atoms with van der Waals surface area (Å²) in [6, 6.07) is 5.44. The van der Waals surface area contributed by atoms with E-state index in [0.717, 1.165) is 5.56 Å². The zero-order valence-electron chi connectivity index (χ0n) is 10.3. The van der Waals surface area contributed by atoms with E-state index in [1.807, 2.05) is 12.1 Å². The third-order valence-electron chi connectivity index (χ3n) is 2.41. The number of para-hydroxylation sites is 1. The van der Waals surface area contributed by atoms with Gasteiger partial charge in [0.05, 0.1) is 7.11 Å². The Kier molecular flexibility index (Phi) is 4.78. The monoisotopic (exact) mass is 238 g/mol. The van der Waals surface area contributed by atoms with Gasteiger partial charge in [0.2, 0.25) is 0 Å². The first kappa shape index (κ1) is 13.3. The standard InChI is InChI=1S/C12H18N2O3/c1-8(12(15)14-2)17-11-9(7-13)5-4-6-10(11)16-3/h4-6,8H,7,13H2,1-3H3,(H,14,15). The molecule has 0 fully saturated rings. The molecule has 0 saturated heterocycles. The third-order valence-corrected chi connectivity index (χ3v) is 2.41. The predicted molar refractivity (Wildman–Crippen MR) is 65.0 cm³/mol. The SMILES string of the molecule is CNC(=O)C(C)Oc1c(CN)cccc1OC. The van der Waals surface area contributed by atoms with Gasteiger partial charge in [-0.25, -0.2) is 0 Å². The topological polar surface area (TPSA) is 73.6 Å². The second kappa shape index (κ2) is 6.10. The number of hydrogen-bond donors (Lipinski definition) is 2. The molecule has 3 N–H and O–H groups in total. The van der Waals surface area contributed by atoms with E-state index in [0.29, 0.717) is 18.0 Å². The summed E-state index contributed by atoms with van der Waals surface area (Å²) in [7, 11) is 3.11. The van der Waals surface area contributed by atoms with E-state index < -0.39 is 6.10 Å². The highest BCUT2D eigenvalue weighted by molar-refractivity contribution is 5.80. The number of amides is 1. The Labute approximate surface area is 101 Å². The second-order valence-electron chi connectivity index (χ2n) is 3.53. The average Bonchev–Trinajstić information content (AvgIpc) is 2.37. The molecular formula is C12H18N2O3. The van der Waals surface area contributed by atoms with Crippen LogP contribution < -0.4 is 20.5 Å². The van der Waals surface area contributed by atoms with Crippen molar-refractivity contribution in [1.82, 2.24) is 5.32 Å². The van der Waals surface area contributed by atoms with Crippen molar-refractivity contribution in [1.29, 1.82) is 0 Å². The molecule has 17 heavy (non-hydrogen) atoms. The number of nitrogens with one attached hydrogen (secondary N) is 1. The van der Waals surface area contributed by atoms with Crippen molar-refractivity contribution in [2.75, 3.05) is 14.2 Å². The Bertz CT molecular complexity index is 371. The summed E-state index contributed by atoms with van der Waals surface area (Å²) in [6.07, 6.45) is -0.596. The Morgan fingerprint density at radius 2 is 2.24 bits per heavy atom. The summed E-state index contributed by atoms with van der Waals surface area (Å²) in [4.78, 5) is 11.4. The maximum atomic E-state index is 11.4. The maximum absolute atomic E-state index is 11.4. The van der Waals surface area contributed by atoms with Gasteiger partial charge < -0.3 is 20.5 Å². The summed E-state index contributed by atoms with van der Waals surface area (Å²) in [5, 5.41) is 2.52. The fraction of sp³-hybridized carbons (Fsp3) is 0.417. The molecule has 0 aliphatic carbocycles. The Morgan fingerprint density at radius 1 is 1.53 bits per heavy atom. The van der Waals surface area contributed by atoms with E-state index in [2.05, 4.69) is 5.32 Å². The molecule has 0 radical (unpaired) electrons. The lowest BCUT2D eigenvalue weighted by molar-refractivity contribution is -0.126. The van der Waals surface area contributed by atoms with Crippen molar-refractivity contribution in [3.05, 3.63) is 23.8 Å². The molecule has 1 atom stereocenters. The van der Waals surface area contributed by atoms with Crippen LogP contribution in [0.5, 0.6) is 11.5 Å². The molecular weight excluding hydrogens is 220 g/mol. The first-order chi connectivity index (χ1) is 8.13. The summed E-state index contributed by atoms with van der Waals surface area (Å²) in [5.41, 5.74) is 6.43. The third kappa shape index (κ3) is 3.10. The maximum Gasteiger partial charge on any atom is 0.260 e. The number of hydrogen-bond acceptors (Lipinski definition) is 4. The van der Waals surface area contributed by atoms with Gasteiger partial charge in [-0.05, 0) is 13.0 Å². The molecule has 0 aliphatic rings. The van der Waals surface area contributed by atoms with Gasteiger partial charge in [-0.3, -0.25) is 4.79 Å². The minimum Gasteiger partial charge on any atom is -0.493 e. The lowest BCUT2D eigenvalue weighted by Gasteiger charge is -2.18. The zero-order valence-corrected chi connectivity index (χ0v) is 10.3. The van der Waals surface area contributed by atoms with Crippen molar-refractivity contribution in [3.8, 4) is 11.5 Å². The summed E-state index contributed by atoms with van der Waals surface area (Å²) in [6.45, 7) is 2.00. The number of nitrogens with two attached hydrogens (primary N) is 1. The fourth-order valence-electron chi connectivity index (χ4n) is 1.45. The van der Waals surface area contributed by atoms with Gasteiger partial charge in [0.15, 0.2) is 17.6 Å². The molecule has 0 bridgehead atoms. The number of benzene rings is 1. The second-order valence-corrected chi connectivity index (χ2v) is 3.53. The van der Waals surface area contributed by atoms with Crippen LogP contribution in [0.4, 0.5) is 0 Å². The number of carbonyl (C=O) groups is 1. The van der Waals surface area contributed by atoms with Crippen LogP contribution in [-0.2, 0) is 11.3 Å². The fourth-order valence-corrected chi connectivity index (χ4v) is 1.45. The van der Waals surface area contributed by atoms with Gasteiger partial charge in [-0.1, -0.05) is 12.1 Å². The zero-order chi connectivity index (χ0) is 12.8. The largest absolute Gasteiger partial charge is 0.493 e. The average molecular weight is 238 g/mol. The van der Waals surface area contributed by atoms with Crippen LogP contribution in [0.2, 0.25) is 0 Å². The number of methoxy groups -OCH3 is 1. The molecule has 94 valence electrons. The smallest absolute Gasteiger partial charge is 0.260 e. The van der Waals surface area contributed by atoms with Gasteiger partial charge in [0.25, 0.3) is 5.91 Å². The van der Waals surface area contributed by atoms with Crippen LogP contribution in [0.1, 0.15) is 12.5 Å². The van der Waals surface area contributed by atoms with Gasteiger partial charge in [-0.2, -0.15) is 0 Å². The van der Waals surface area contributed by atoms with E-state index in [4.69, 9.17) is 15.2 Å². The van der Waals surface area contributed by atoms with E-state index in [9.17, 15) is 4.79 Å². The van der Waals surface area contributed by atoms with Crippen LogP contribution in [0, 0.1) is 0 Å². The van der Waals surface area contributed by atoms with Crippen LogP contribution in [0.25, 0.3) is 0 Å². The molecule has 1 amide bonds. The van der Waals surface area contributed by atoms with Gasteiger partial charge in [-0.15, -0.1) is 0 Å². The number of likely N-dealkylation sites (N-methyl/N-ethyl adjacent to an activating group) is 1. The van der Waals surface area contributed by atoms with Crippen molar-refractivity contribution >= 4 is 5.91 Å². The molecule has 1 aromatic carbocycles. The highest BCUT2D eigenvalue weighted by atomic mass is 16.5. The highest BCUT2D eigenvalue weighted by Gasteiger charge is 2.17. The van der Waals surface area contributed by atoms with Gasteiger partial charge in [0.1, 0.15) is 0 Å². The van der Waals surface area contributed by atoms with Gasteiger partial charge >= 0.3 is 0 Å². The Balaban J connectivity index is 2.99. The van der Waals surface area contributed by atoms with Gasteiger partial charge in [0, 0.05) is 19.2 Å². The number of ether oxygens (including phenoxy) is 2. The molecule has 0 aliphatic heterocycles. The van der Waals surface area contributed by atoms with Crippen LogP contribution in [-0.4, -0.2) is 26.2 Å². The predicted octanol–water partition coefficient (Wildman–Crippen LogP) is 0.667. The van der Waals surface area contributed by atoms with Crippen molar-refractivity contribution < 1.29 is 14.3 Å². The summed E-state index contributed by atoms with van der Waals surface area (Å²) >= 11 is 0. The Hall–Kier alpha value is -1.75. The molecule has 1 aromatic rings. The lowest BCUT2D eigenvalue weighted by Crippen LogP contribution is -2.34. The van der Waals surface area contributed by atoms with Crippen molar-refractivity contribution in [3.63, 3.8) is 0 Å². The number of rotatable bonds is 5. The Morgan fingerprint density at radius 3 is 2.76 bits per heavy atom. The molecule has 1 unspecified atom stereocenters. The molecule has 0 heterocycles. The molecule has 5 heteroatoms. The highest BCUT2D eigenvalue weighted by Crippen LogP contribution is 2.31. The first-order valence-corrected chi connectivity index (χ1v) is 5.38. The van der Waals surface area contributed by atoms with E-state index >= 15 is 0 Å². The molecule has 0 spiro atoms. The lowest BCUT2D eigenvalue weighted by atomic mass is 10.2. The van der Waals surface area contributed by atoms with E-state index in [1.54, 1.807) is 27.1 Å². The number of carbonyl (C=O) groups excluding carboxylic acids is 1. The minimum atomic E-state index is -0.596. The van der Waals surface area contributed by atoms with Crippen LogP contribution in [0.15, 0.2) is 18.2 Å². The molecule has 0 aromatic heterocycles. The van der Waals surface area contributed by atoms with E-state index in [-0.39, 0.29) is 5.91 Å². The van der Waals surface area contributed by atoms with Crippen LogP contribution in [0.3, 0.4) is 0 Å². The minimum absolute atomic E-state index is 0.195. The molecule has 1 rings (SSSR count). The van der Waals surface area contributed by atoms with Crippen LogP contribution >= 0.6 is 0 Å². The summed E-state index contributed by atoms with van der Waals surface area (Å²) < 4.78 is 10.8. The quantitative estimate of drug-likeness (QED) is 0.790. The van der Waals surface area contributed by atoms with Crippen molar-refractivity contribution in [2.45, 2.75) is 19.6 Å². The first-order valence-electron chi connectivity index (χ1n) is 5.38. The van der Waals surface area contributed by atoms with E-state index in [1.165, 1.54) is 0 Å². The summed E-state index contributed by atoms with van der Waals surface area (Å²) in [5.74, 6) is 0.899. The normalized spacial score (nSPS) is 11.8. The molecule has 0 saturated carbocycles. The molecule has 5 nitrogen and oxygen atoms in total.